The molecule has 0 amide bonds. The molecule has 0 saturated heterocycles. The number of aryl methyl sites for hydroxylation is 1. The predicted octanol–water partition coefficient (Wildman–Crippen LogP) is 0.746. The molecule has 0 aliphatic carbocycles. The van der Waals surface area contributed by atoms with E-state index in [0.29, 0.717) is 16.7 Å². The minimum absolute atomic E-state index is 0. The number of phenols is 1. The number of hydrogen-bond acceptors (Lipinski definition) is 3. The summed E-state index contributed by atoms with van der Waals surface area (Å²) in [6, 6.07) is 21.7. The number of phenolic OH excluding ortho intramolecular Hbond substituents is 1. The molecule has 0 aliphatic heterocycles. The van der Waals surface area contributed by atoms with Crippen LogP contribution in [0.4, 0.5) is 0 Å². The number of esters is 1. The van der Waals surface area contributed by atoms with Crippen LogP contribution in [0.1, 0.15) is 10.4 Å². The Morgan fingerprint density at radius 1 is 0.885 bits per heavy atom. The number of benzene rings is 3. The number of carbonyl (C=O) groups is 1. The van der Waals surface area contributed by atoms with Crippen LogP contribution in [0.5, 0.6) is 11.5 Å². The first kappa shape index (κ1) is 17.9. The van der Waals surface area contributed by atoms with Gasteiger partial charge in [0.05, 0.1) is 16.3 Å². The van der Waals surface area contributed by atoms with Gasteiger partial charge in [-0.05, 0) is 30.3 Å². The van der Waals surface area contributed by atoms with Crippen molar-refractivity contribution < 1.29 is 36.2 Å². The summed E-state index contributed by atoms with van der Waals surface area (Å²) in [6.45, 7) is 0. The summed E-state index contributed by atoms with van der Waals surface area (Å²) in [5.41, 5.74) is 2.21. The maximum absolute atomic E-state index is 13.0. The van der Waals surface area contributed by atoms with E-state index in [1.54, 1.807) is 30.3 Å². The third kappa shape index (κ3) is 3.02. The largest absolute Gasteiger partial charge is 1.00 e. The summed E-state index contributed by atoms with van der Waals surface area (Å²) in [7, 11) is 1.94. The molecule has 3 aromatic carbocycles. The van der Waals surface area contributed by atoms with Gasteiger partial charge in [-0.1, -0.05) is 30.3 Å². The first-order valence-corrected chi connectivity index (χ1v) is 7.96. The minimum atomic E-state index is -0.446. The average Bonchev–Trinajstić information content (AvgIpc) is 2.62. The molecule has 0 spiro atoms. The van der Waals surface area contributed by atoms with Crippen molar-refractivity contribution in [3.8, 4) is 11.5 Å². The number of carbonyl (C=O) groups excluding carboxylic acids is 1. The van der Waals surface area contributed by atoms with Crippen LogP contribution < -0.4 is 26.3 Å². The van der Waals surface area contributed by atoms with Crippen LogP contribution in [0, 0.1) is 0 Å². The number of ether oxygens (including phenoxy) is 1. The standard InChI is InChI=1S/C21H15NO3.BrH/c1-22-18-10-6-5-9-16(18)20(17-13-14(23)11-12-19(17)22)21(24)25-15-7-3-2-4-8-15;/h2-13H,1H3;1H. The highest BCUT2D eigenvalue weighted by Gasteiger charge is 2.24. The number of pyridine rings is 1. The Hall–Kier alpha value is -2.92. The van der Waals surface area contributed by atoms with E-state index in [9.17, 15) is 9.90 Å². The molecule has 4 aromatic rings. The lowest BCUT2D eigenvalue weighted by Gasteiger charge is -2.10. The molecule has 130 valence electrons. The maximum Gasteiger partial charge on any atom is 0.345 e. The summed E-state index contributed by atoms with van der Waals surface area (Å²) in [6.07, 6.45) is 0. The third-order valence-electron chi connectivity index (χ3n) is 4.30. The first-order chi connectivity index (χ1) is 12.1. The average molecular weight is 410 g/mol. The van der Waals surface area contributed by atoms with Crippen molar-refractivity contribution in [3.63, 3.8) is 0 Å². The van der Waals surface area contributed by atoms with Crippen LogP contribution in [-0.4, -0.2) is 11.1 Å². The summed E-state index contributed by atoms with van der Waals surface area (Å²) in [5, 5.41) is 11.4. The van der Waals surface area contributed by atoms with E-state index in [-0.39, 0.29) is 22.7 Å². The second-order valence-corrected chi connectivity index (χ2v) is 5.86. The topological polar surface area (TPSA) is 50.4 Å². The van der Waals surface area contributed by atoms with Gasteiger partial charge in [-0.25, -0.2) is 4.79 Å². The summed E-state index contributed by atoms with van der Waals surface area (Å²) in [5.74, 6) is 0.147. The van der Waals surface area contributed by atoms with Gasteiger partial charge in [0, 0.05) is 12.1 Å². The molecule has 0 saturated carbocycles. The Bertz CT molecular complexity index is 1110. The molecule has 5 heteroatoms. The lowest BCUT2D eigenvalue weighted by molar-refractivity contribution is -0.617. The van der Waals surface area contributed by atoms with Gasteiger partial charge in [0.2, 0.25) is 11.0 Å². The van der Waals surface area contributed by atoms with Crippen molar-refractivity contribution in [2.75, 3.05) is 0 Å². The number of para-hydroxylation sites is 2. The molecule has 0 fully saturated rings. The van der Waals surface area contributed by atoms with Gasteiger partial charge in [0.25, 0.3) is 0 Å². The van der Waals surface area contributed by atoms with E-state index in [1.165, 1.54) is 0 Å². The molecule has 1 aromatic heterocycles. The Morgan fingerprint density at radius 2 is 1.54 bits per heavy atom. The SMILES string of the molecule is C[n+]1c2ccccc2c(C(=O)Oc2ccccc2)c2cc(O)ccc21.[Br-]. The number of rotatable bonds is 2. The van der Waals surface area contributed by atoms with Crippen molar-refractivity contribution in [2.45, 2.75) is 0 Å². The van der Waals surface area contributed by atoms with Gasteiger partial charge in [-0.2, -0.15) is 4.57 Å². The van der Waals surface area contributed by atoms with Gasteiger partial charge in [0.1, 0.15) is 18.5 Å². The molecular weight excluding hydrogens is 394 g/mol. The molecule has 1 N–H and O–H groups in total. The van der Waals surface area contributed by atoms with Crippen LogP contribution in [0.25, 0.3) is 21.8 Å². The first-order valence-electron chi connectivity index (χ1n) is 7.96. The Balaban J connectivity index is 0.00000196. The number of aromatic nitrogens is 1. The third-order valence-corrected chi connectivity index (χ3v) is 4.30. The summed E-state index contributed by atoms with van der Waals surface area (Å²) in [4.78, 5) is 13.0. The fraction of sp³-hybridized carbons (Fsp3) is 0.0476. The van der Waals surface area contributed by atoms with E-state index in [0.717, 1.165) is 16.4 Å². The van der Waals surface area contributed by atoms with E-state index < -0.39 is 5.97 Å². The lowest BCUT2D eigenvalue weighted by atomic mass is 10.0. The van der Waals surface area contributed by atoms with Gasteiger partial charge < -0.3 is 26.8 Å². The Kier molecular flexibility index (Phi) is 4.91. The number of halogens is 1. The molecule has 26 heavy (non-hydrogen) atoms. The smallest absolute Gasteiger partial charge is 0.345 e. The summed E-state index contributed by atoms with van der Waals surface area (Å²) < 4.78 is 7.57. The van der Waals surface area contributed by atoms with Crippen molar-refractivity contribution in [1.82, 2.24) is 0 Å². The molecule has 0 radical (unpaired) electrons. The Labute approximate surface area is 161 Å². The van der Waals surface area contributed by atoms with Gasteiger partial charge >= 0.3 is 5.97 Å². The zero-order chi connectivity index (χ0) is 17.4. The maximum atomic E-state index is 13.0. The second-order valence-electron chi connectivity index (χ2n) is 5.86. The van der Waals surface area contributed by atoms with Crippen molar-refractivity contribution in [2.24, 2.45) is 7.05 Å². The number of hydrogen-bond donors (Lipinski definition) is 1. The van der Waals surface area contributed by atoms with Crippen LogP contribution in [0.3, 0.4) is 0 Å². The highest BCUT2D eigenvalue weighted by atomic mass is 79.9. The van der Waals surface area contributed by atoms with Crippen molar-refractivity contribution in [1.29, 1.82) is 0 Å². The Morgan fingerprint density at radius 3 is 2.31 bits per heavy atom. The van der Waals surface area contributed by atoms with Gasteiger partial charge in [0.15, 0.2) is 0 Å². The quantitative estimate of drug-likeness (QED) is 0.230. The normalized spacial score (nSPS) is 10.5. The zero-order valence-electron chi connectivity index (χ0n) is 14.0. The molecule has 1 heterocycles. The van der Waals surface area contributed by atoms with E-state index >= 15 is 0 Å². The number of nitrogens with zero attached hydrogens (tertiary/aromatic N) is 1. The monoisotopic (exact) mass is 409 g/mol. The molecule has 0 aliphatic rings. The van der Waals surface area contributed by atoms with E-state index in [1.807, 2.05) is 54.1 Å². The molecule has 0 bridgehead atoms. The number of aromatic hydroxyl groups is 1. The van der Waals surface area contributed by atoms with Crippen molar-refractivity contribution in [3.05, 3.63) is 78.4 Å². The van der Waals surface area contributed by atoms with Crippen LogP contribution in [0.15, 0.2) is 72.8 Å². The fourth-order valence-corrected chi connectivity index (χ4v) is 3.14. The summed E-state index contributed by atoms with van der Waals surface area (Å²) >= 11 is 0. The highest BCUT2D eigenvalue weighted by molar-refractivity contribution is 6.13. The molecular formula is C21H16BrNO3. The highest BCUT2D eigenvalue weighted by Crippen LogP contribution is 2.28. The molecule has 4 rings (SSSR count). The van der Waals surface area contributed by atoms with Gasteiger partial charge in [-0.15, -0.1) is 0 Å². The fourth-order valence-electron chi connectivity index (χ4n) is 3.14. The molecule has 0 unspecified atom stereocenters. The van der Waals surface area contributed by atoms with E-state index in [2.05, 4.69) is 0 Å². The van der Waals surface area contributed by atoms with Crippen molar-refractivity contribution >= 4 is 27.8 Å². The van der Waals surface area contributed by atoms with Gasteiger partial charge in [-0.3, -0.25) is 0 Å². The minimum Gasteiger partial charge on any atom is -1.00 e. The lowest BCUT2D eigenvalue weighted by Crippen LogP contribution is -3.00. The molecule has 0 atom stereocenters. The van der Waals surface area contributed by atoms with Crippen LogP contribution in [0.2, 0.25) is 0 Å². The second kappa shape index (κ2) is 7.14. The number of fused-ring (bicyclic) bond motifs is 2. The van der Waals surface area contributed by atoms with Crippen LogP contribution in [-0.2, 0) is 7.05 Å². The molecule has 4 nitrogen and oxygen atoms in total. The van der Waals surface area contributed by atoms with Crippen LogP contribution >= 0.6 is 0 Å². The van der Waals surface area contributed by atoms with E-state index in [4.69, 9.17) is 4.74 Å². The predicted molar refractivity (Wildman–Crippen MR) is 95.7 cm³/mol. The zero-order valence-corrected chi connectivity index (χ0v) is 15.6.